The molecular weight excluding hydrogens is 380 g/mol. The number of hydrogen-bond acceptors (Lipinski definition) is 5. The van der Waals surface area contributed by atoms with Crippen LogP contribution < -0.4 is 10.6 Å². The fourth-order valence-corrected chi connectivity index (χ4v) is 4.65. The standard InChI is InChI=1S/C20H23F2N5O2/c21-20(22)8-11-3-14(4-11)25-19(28)29-16-2-1-12(5-16)17-7-18(27-26-17)24-15-6-13(20)9-23-10-15/h6-7,9-12,14,16H,1-5,8H2,(H,25,28)(H2,24,26,27)/t11?,12-,14?,16+/m0/s1. The number of alkyl halides is 2. The first-order chi connectivity index (χ1) is 13.9. The van der Waals surface area contributed by atoms with E-state index in [0.29, 0.717) is 24.3 Å². The van der Waals surface area contributed by atoms with E-state index in [1.54, 1.807) is 0 Å². The number of H-pyrrole nitrogens is 1. The van der Waals surface area contributed by atoms with Gasteiger partial charge in [-0.1, -0.05) is 0 Å². The number of pyridine rings is 1. The van der Waals surface area contributed by atoms with Crippen molar-refractivity contribution in [2.45, 2.75) is 62.5 Å². The van der Waals surface area contributed by atoms with E-state index in [-0.39, 0.29) is 36.0 Å². The summed E-state index contributed by atoms with van der Waals surface area (Å²) < 4.78 is 35.1. The first-order valence-corrected chi connectivity index (χ1v) is 10.1. The number of fused-ring (bicyclic) bond motifs is 3. The zero-order chi connectivity index (χ0) is 20.0. The van der Waals surface area contributed by atoms with E-state index in [0.717, 1.165) is 25.0 Å². The zero-order valence-electron chi connectivity index (χ0n) is 15.8. The lowest BCUT2D eigenvalue weighted by atomic mass is 9.76. The molecule has 0 saturated heterocycles. The molecule has 2 saturated carbocycles. The summed E-state index contributed by atoms with van der Waals surface area (Å²) >= 11 is 0. The van der Waals surface area contributed by atoms with Gasteiger partial charge in [0.05, 0.1) is 11.9 Å². The highest BCUT2D eigenvalue weighted by Crippen LogP contribution is 2.42. The third kappa shape index (κ3) is 3.77. The monoisotopic (exact) mass is 403 g/mol. The molecule has 8 bridgehead atoms. The second kappa shape index (κ2) is 6.96. The average Bonchev–Trinajstić information content (AvgIpc) is 3.29. The summed E-state index contributed by atoms with van der Waals surface area (Å²) in [5, 5.41) is 13.1. The number of alkyl carbamates (subject to hydrolysis) is 1. The van der Waals surface area contributed by atoms with Crippen molar-refractivity contribution in [1.29, 1.82) is 0 Å². The fraction of sp³-hybridized carbons (Fsp3) is 0.550. The van der Waals surface area contributed by atoms with Crippen LogP contribution in [-0.4, -0.2) is 33.4 Å². The molecule has 2 aromatic heterocycles. The van der Waals surface area contributed by atoms with Crippen molar-refractivity contribution < 1.29 is 18.3 Å². The van der Waals surface area contributed by atoms with E-state index in [1.807, 2.05) is 6.07 Å². The largest absolute Gasteiger partial charge is 0.446 e. The number of carbonyl (C=O) groups excluding carboxylic acids is 1. The van der Waals surface area contributed by atoms with Crippen LogP contribution >= 0.6 is 0 Å². The van der Waals surface area contributed by atoms with Gasteiger partial charge in [-0.25, -0.2) is 13.6 Å². The normalized spacial score (nSPS) is 30.8. The minimum Gasteiger partial charge on any atom is -0.446 e. The van der Waals surface area contributed by atoms with Crippen molar-refractivity contribution in [2.24, 2.45) is 5.92 Å². The van der Waals surface area contributed by atoms with Crippen LogP contribution in [0.15, 0.2) is 24.5 Å². The lowest BCUT2D eigenvalue weighted by Gasteiger charge is -2.37. The summed E-state index contributed by atoms with van der Waals surface area (Å²) in [6.07, 6.45) is 5.39. The number of aromatic amines is 1. The summed E-state index contributed by atoms with van der Waals surface area (Å²) in [5.41, 5.74) is 1.30. The van der Waals surface area contributed by atoms with E-state index in [1.165, 1.54) is 18.5 Å². The third-order valence-corrected chi connectivity index (χ3v) is 6.23. The first-order valence-electron chi connectivity index (χ1n) is 10.1. The molecule has 3 N–H and O–H groups in total. The number of aromatic nitrogens is 3. The summed E-state index contributed by atoms with van der Waals surface area (Å²) in [6, 6.07) is 3.21. The smallest absolute Gasteiger partial charge is 0.407 e. The molecule has 4 aliphatic rings. The number of anilines is 2. The SMILES string of the molecule is O=C1NC2CC(C2)CC(F)(F)c2cncc(c2)Nc2cc([nH]n2)[C@H]2CC[C@H](C2)O1. The van der Waals surface area contributed by atoms with Gasteiger partial charge in [-0.3, -0.25) is 10.1 Å². The van der Waals surface area contributed by atoms with Crippen molar-refractivity contribution >= 4 is 17.6 Å². The predicted molar refractivity (Wildman–Crippen MR) is 101 cm³/mol. The van der Waals surface area contributed by atoms with E-state index in [4.69, 9.17) is 4.74 Å². The zero-order valence-corrected chi connectivity index (χ0v) is 15.8. The van der Waals surface area contributed by atoms with Crippen molar-refractivity contribution in [2.75, 3.05) is 5.32 Å². The topological polar surface area (TPSA) is 91.9 Å². The lowest BCUT2D eigenvalue weighted by molar-refractivity contribution is -0.0442. The lowest BCUT2D eigenvalue weighted by Crippen LogP contribution is -2.46. The molecule has 2 aliphatic carbocycles. The predicted octanol–water partition coefficient (Wildman–Crippen LogP) is 4.18. The molecule has 7 nitrogen and oxygen atoms in total. The number of carbonyl (C=O) groups is 1. The molecule has 2 atom stereocenters. The van der Waals surface area contributed by atoms with Crippen LogP contribution in [0, 0.1) is 5.92 Å². The van der Waals surface area contributed by atoms with E-state index >= 15 is 0 Å². The van der Waals surface area contributed by atoms with Crippen LogP contribution in [-0.2, 0) is 10.7 Å². The van der Waals surface area contributed by atoms with Gasteiger partial charge in [0.15, 0.2) is 5.82 Å². The van der Waals surface area contributed by atoms with E-state index in [9.17, 15) is 13.6 Å². The molecule has 29 heavy (non-hydrogen) atoms. The molecule has 4 heterocycles. The Hall–Kier alpha value is -2.71. The van der Waals surface area contributed by atoms with Crippen molar-refractivity contribution in [3.8, 4) is 0 Å². The molecule has 9 heteroatoms. The van der Waals surface area contributed by atoms with Crippen molar-refractivity contribution in [3.63, 3.8) is 0 Å². The molecule has 0 spiro atoms. The van der Waals surface area contributed by atoms with Crippen LogP contribution in [0.4, 0.5) is 25.1 Å². The third-order valence-electron chi connectivity index (χ3n) is 6.23. The second-order valence-electron chi connectivity index (χ2n) is 8.42. The van der Waals surface area contributed by atoms with Gasteiger partial charge in [0, 0.05) is 41.9 Å². The van der Waals surface area contributed by atoms with Crippen LogP contribution in [0.25, 0.3) is 0 Å². The number of hydrogen-bond donors (Lipinski definition) is 3. The Labute approximate surface area is 166 Å². The number of nitrogens with one attached hydrogen (secondary N) is 3. The highest BCUT2D eigenvalue weighted by Gasteiger charge is 2.41. The van der Waals surface area contributed by atoms with Gasteiger partial charge in [0.25, 0.3) is 5.92 Å². The van der Waals surface area contributed by atoms with Crippen LogP contribution in [0.1, 0.15) is 55.7 Å². The van der Waals surface area contributed by atoms with Gasteiger partial charge in [-0.2, -0.15) is 5.10 Å². The second-order valence-corrected chi connectivity index (χ2v) is 8.42. The Morgan fingerprint density at radius 1 is 1.14 bits per heavy atom. The Morgan fingerprint density at radius 2 is 2.00 bits per heavy atom. The van der Waals surface area contributed by atoms with Crippen LogP contribution in [0.3, 0.4) is 0 Å². The minimum atomic E-state index is -2.98. The van der Waals surface area contributed by atoms with Gasteiger partial charge in [0.2, 0.25) is 0 Å². The molecular formula is C20H23F2N5O2. The van der Waals surface area contributed by atoms with Crippen molar-refractivity contribution in [3.05, 3.63) is 35.8 Å². The van der Waals surface area contributed by atoms with Gasteiger partial charge >= 0.3 is 6.09 Å². The molecule has 2 aliphatic heterocycles. The molecule has 2 aromatic rings. The summed E-state index contributed by atoms with van der Waals surface area (Å²) in [4.78, 5) is 16.1. The van der Waals surface area contributed by atoms with Crippen molar-refractivity contribution in [1.82, 2.24) is 20.5 Å². The van der Waals surface area contributed by atoms with E-state index < -0.39 is 12.0 Å². The first kappa shape index (κ1) is 18.3. The van der Waals surface area contributed by atoms with Gasteiger partial charge in [-0.15, -0.1) is 0 Å². The maximum absolute atomic E-state index is 14.8. The molecule has 0 unspecified atom stereocenters. The molecule has 6 rings (SSSR count). The highest BCUT2D eigenvalue weighted by molar-refractivity contribution is 5.68. The van der Waals surface area contributed by atoms with Crippen LogP contribution in [0.5, 0.6) is 0 Å². The molecule has 2 fully saturated rings. The molecule has 0 aromatic carbocycles. The number of halogens is 2. The highest BCUT2D eigenvalue weighted by atomic mass is 19.3. The van der Waals surface area contributed by atoms with Gasteiger partial charge in [0.1, 0.15) is 6.10 Å². The summed E-state index contributed by atoms with van der Waals surface area (Å²) in [5.74, 6) is -2.36. The van der Waals surface area contributed by atoms with Gasteiger partial charge in [-0.05, 0) is 44.1 Å². The number of nitrogens with zero attached hydrogens (tertiary/aromatic N) is 2. The fourth-order valence-electron chi connectivity index (χ4n) is 4.65. The molecule has 0 radical (unpaired) electrons. The average molecular weight is 403 g/mol. The Kier molecular flexibility index (Phi) is 4.40. The Morgan fingerprint density at radius 3 is 2.86 bits per heavy atom. The van der Waals surface area contributed by atoms with E-state index in [2.05, 4.69) is 25.8 Å². The maximum atomic E-state index is 14.8. The Balaban J connectivity index is 1.42. The summed E-state index contributed by atoms with van der Waals surface area (Å²) in [7, 11) is 0. The molecule has 154 valence electrons. The summed E-state index contributed by atoms with van der Waals surface area (Å²) in [6.45, 7) is 0. The minimum absolute atomic E-state index is 0.0966. The number of rotatable bonds is 0. The van der Waals surface area contributed by atoms with Crippen LogP contribution in [0.2, 0.25) is 0 Å². The Bertz CT molecular complexity index is 912. The molecule has 1 amide bonds. The maximum Gasteiger partial charge on any atom is 0.407 e. The van der Waals surface area contributed by atoms with Gasteiger partial charge < -0.3 is 15.4 Å². The number of ether oxygens (including phenoxy) is 1. The quantitative estimate of drug-likeness (QED) is 0.614. The number of amides is 1.